The van der Waals surface area contributed by atoms with Crippen LogP contribution in [0.1, 0.15) is 95.5 Å². The second-order valence-corrected chi connectivity index (χ2v) is 16.4. The summed E-state index contributed by atoms with van der Waals surface area (Å²) >= 11 is 0. The van der Waals surface area contributed by atoms with Gasteiger partial charge in [0.05, 0.1) is 54.9 Å². The number of carbonyl (C=O) groups excluding carboxylic acids is 3. The number of H-pyrrole nitrogens is 2. The quantitative estimate of drug-likeness (QED) is 0.0889. The van der Waals surface area contributed by atoms with Crippen molar-refractivity contribution in [2.24, 2.45) is 11.8 Å². The Kier molecular flexibility index (Phi) is 11.6. The first-order chi connectivity index (χ1) is 28.6. The van der Waals surface area contributed by atoms with Crippen molar-refractivity contribution >= 4 is 39.7 Å². The molecule has 3 aliphatic rings. The van der Waals surface area contributed by atoms with Gasteiger partial charge in [0, 0.05) is 31.1 Å². The van der Waals surface area contributed by atoms with Gasteiger partial charge in [-0.1, -0.05) is 58.7 Å². The number of amides is 3. The van der Waals surface area contributed by atoms with E-state index in [1.807, 2.05) is 29.8 Å². The molecule has 5 heterocycles. The predicted molar refractivity (Wildman–Crippen MR) is 225 cm³/mol. The summed E-state index contributed by atoms with van der Waals surface area (Å²) in [6.45, 7) is 10.2. The van der Waals surface area contributed by atoms with Gasteiger partial charge in [-0.05, 0) is 83.9 Å². The zero-order valence-corrected chi connectivity index (χ0v) is 34.9. The minimum Gasteiger partial charge on any atom is -0.488 e. The van der Waals surface area contributed by atoms with Crippen LogP contribution in [0.25, 0.3) is 44.2 Å². The Labute approximate surface area is 344 Å². The van der Waals surface area contributed by atoms with E-state index in [0.717, 1.165) is 106 Å². The number of aromatic nitrogens is 4. The molecule has 14 nitrogen and oxygen atoms in total. The number of ether oxygens (including phenoxy) is 3. The van der Waals surface area contributed by atoms with E-state index in [-0.39, 0.29) is 41.8 Å². The third-order valence-electron chi connectivity index (χ3n) is 12.8. The maximum atomic E-state index is 13.9. The number of benzene rings is 3. The van der Waals surface area contributed by atoms with Crippen LogP contribution >= 0.6 is 0 Å². The molecule has 2 aromatic heterocycles. The molecule has 59 heavy (non-hydrogen) atoms. The molecular weight excluding hydrogens is 749 g/mol. The number of methoxy groups -OCH3 is 2. The zero-order chi connectivity index (χ0) is 41.4. The zero-order valence-electron chi connectivity index (χ0n) is 34.9. The van der Waals surface area contributed by atoms with Gasteiger partial charge in [-0.2, -0.15) is 0 Å². The molecule has 0 saturated carbocycles. The Morgan fingerprint density at radius 1 is 0.881 bits per heavy atom. The average molecular weight is 805 g/mol. The van der Waals surface area contributed by atoms with Crippen molar-refractivity contribution in [1.29, 1.82) is 0 Å². The van der Waals surface area contributed by atoms with Crippen LogP contribution in [0.5, 0.6) is 5.75 Å². The van der Waals surface area contributed by atoms with Gasteiger partial charge in [-0.15, -0.1) is 0 Å². The summed E-state index contributed by atoms with van der Waals surface area (Å²) in [6.07, 6.45) is 6.24. The van der Waals surface area contributed by atoms with Crippen molar-refractivity contribution in [2.75, 3.05) is 34.0 Å². The molecule has 3 amide bonds. The molecule has 14 heteroatoms. The molecule has 2 fully saturated rings. The Hall–Kier alpha value is -5.47. The van der Waals surface area contributed by atoms with Crippen LogP contribution in [-0.2, 0) is 25.7 Å². The summed E-state index contributed by atoms with van der Waals surface area (Å²) in [6, 6.07) is 13.5. The van der Waals surface area contributed by atoms with Crippen molar-refractivity contribution in [3.05, 3.63) is 65.9 Å². The molecule has 0 aliphatic carbocycles. The SMILES string of the molecule is CC[C@H](C)C(NCOC)C(=O)N1CCC[C@H]1c1nc2ccc3cc4c(cc3c2[nH]1)OCc1cc(-c2cnc([C@@H]3CCCN3C(=O)[C@@H](NC(=O)OC)[C@@H](C)CC)[nH]2)ccc1-4. The average Bonchev–Trinajstić information content (AvgIpc) is 4.10. The molecule has 0 radical (unpaired) electrons. The summed E-state index contributed by atoms with van der Waals surface area (Å²) in [5, 5.41) is 8.16. The van der Waals surface area contributed by atoms with Crippen molar-refractivity contribution in [1.82, 2.24) is 40.4 Å². The summed E-state index contributed by atoms with van der Waals surface area (Å²) in [7, 11) is 2.94. The fourth-order valence-electron chi connectivity index (χ4n) is 9.09. The van der Waals surface area contributed by atoms with Crippen LogP contribution in [-0.4, -0.2) is 93.8 Å². The molecule has 312 valence electrons. The predicted octanol–water partition coefficient (Wildman–Crippen LogP) is 7.37. The number of hydrogen-bond donors (Lipinski definition) is 4. The lowest BCUT2D eigenvalue weighted by molar-refractivity contribution is -0.136. The minimum absolute atomic E-state index is 0.0567. The van der Waals surface area contributed by atoms with Gasteiger partial charge in [0.1, 0.15) is 30.0 Å². The number of aromatic amines is 2. The van der Waals surface area contributed by atoms with Crippen LogP contribution in [0, 0.1) is 11.8 Å². The first kappa shape index (κ1) is 40.3. The van der Waals surface area contributed by atoms with Gasteiger partial charge >= 0.3 is 6.09 Å². The molecular formula is C45H56N8O6. The van der Waals surface area contributed by atoms with Crippen LogP contribution in [0.15, 0.2) is 48.7 Å². The maximum absolute atomic E-state index is 13.9. The molecule has 3 aliphatic heterocycles. The van der Waals surface area contributed by atoms with Crippen LogP contribution < -0.4 is 15.4 Å². The number of alkyl carbamates (subject to hydrolysis) is 1. The van der Waals surface area contributed by atoms with Gasteiger partial charge in [-0.3, -0.25) is 14.9 Å². The number of nitrogens with one attached hydrogen (secondary N) is 4. The molecule has 2 saturated heterocycles. The Balaban J connectivity index is 1.03. The number of likely N-dealkylation sites (tertiary alicyclic amines) is 2. The number of imidazole rings is 2. The molecule has 5 aromatic rings. The Morgan fingerprint density at radius 3 is 2.31 bits per heavy atom. The molecule has 0 spiro atoms. The first-order valence-corrected chi connectivity index (χ1v) is 21.1. The molecule has 8 rings (SSSR count). The van der Waals surface area contributed by atoms with E-state index in [2.05, 4.69) is 76.9 Å². The molecule has 0 bridgehead atoms. The summed E-state index contributed by atoms with van der Waals surface area (Å²) < 4.78 is 16.5. The number of fused-ring (bicyclic) bond motifs is 6. The second-order valence-electron chi connectivity index (χ2n) is 16.4. The van der Waals surface area contributed by atoms with E-state index >= 15 is 0 Å². The van der Waals surface area contributed by atoms with Gasteiger partial charge in [0.15, 0.2) is 0 Å². The van der Waals surface area contributed by atoms with Gasteiger partial charge in [-0.25, -0.2) is 14.8 Å². The van der Waals surface area contributed by atoms with Crippen LogP contribution in [0.4, 0.5) is 4.79 Å². The number of carbonyl (C=O) groups is 3. The third-order valence-corrected chi connectivity index (χ3v) is 12.8. The molecule has 3 aromatic carbocycles. The smallest absolute Gasteiger partial charge is 0.407 e. The first-order valence-electron chi connectivity index (χ1n) is 21.1. The molecule has 6 atom stereocenters. The van der Waals surface area contributed by atoms with Gasteiger partial charge in [0.2, 0.25) is 11.8 Å². The van der Waals surface area contributed by atoms with E-state index < -0.39 is 12.1 Å². The number of hydrogen-bond acceptors (Lipinski definition) is 9. The van der Waals surface area contributed by atoms with Gasteiger partial charge in [0.25, 0.3) is 0 Å². The molecule has 4 N–H and O–H groups in total. The van der Waals surface area contributed by atoms with E-state index in [0.29, 0.717) is 26.4 Å². The summed E-state index contributed by atoms with van der Waals surface area (Å²) in [4.78, 5) is 60.6. The van der Waals surface area contributed by atoms with Gasteiger partial charge < -0.3 is 39.3 Å². The van der Waals surface area contributed by atoms with Crippen molar-refractivity contribution < 1.29 is 28.6 Å². The fourth-order valence-corrected chi connectivity index (χ4v) is 9.09. The monoisotopic (exact) mass is 804 g/mol. The van der Waals surface area contributed by atoms with Crippen molar-refractivity contribution in [3.63, 3.8) is 0 Å². The Bertz CT molecular complexity index is 2360. The topological polar surface area (TPSA) is 167 Å². The highest BCUT2D eigenvalue weighted by atomic mass is 16.5. The summed E-state index contributed by atoms with van der Waals surface area (Å²) in [5.41, 5.74) is 6.85. The second kappa shape index (κ2) is 17.0. The minimum atomic E-state index is -0.678. The van der Waals surface area contributed by atoms with E-state index in [1.54, 1.807) is 7.11 Å². The standard InChI is InChI=1S/C45H56N8O6/c1-7-25(3)38(47-24-57-5)43(54)53-18-10-12-36(53)42-48-33-16-14-27-20-32-30-15-13-28(19-29(30)23-59-37(32)21-31(27)40(33)50-42)34-22-46-41(49-34)35-11-9-17-52(35)44(55)39(26(4)8-2)51-45(56)58-6/h13-16,19-22,25-26,35-36,38-39,47H,7-12,17-18,23-24H2,1-6H3,(H,46,49)(H,48,50)(H,51,56)/t25-,26-,35-,36-,38?,39-/m0/s1. The number of nitrogens with zero attached hydrogens (tertiary/aromatic N) is 4. The lowest BCUT2D eigenvalue weighted by Gasteiger charge is -2.31. The van der Waals surface area contributed by atoms with E-state index in [4.69, 9.17) is 24.2 Å². The van der Waals surface area contributed by atoms with Crippen LogP contribution in [0.2, 0.25) is 0 Å². The van der Waals surface area contributed by atoms with Crippen LogP contribution in [0.3, 0.4) is 0 Å². The van der Waals surface area contributed by atoms with E-state index in [9.17, 15) is 14.4 Å². The molecule has 1 unspecified atom stereocenters. The normalized spacial score (nSPS) is 19.6. The lowest BCUT2D eigenvalue weighted by atomic mass is 9.92. The highest BCUT2D eigenvalue weighted by molar-refractivity contribution is 6.07. The highest BCUT2D eigenvalue weighted by Gasteiger charge is 2.39. The Morgan fingerprint density at radius 2 is 1.59 bits per heavy atom. The maximum Gasteiger partial charge on any atom is 0.407 e. The summed E-state index contributed by atoms with van der Waals surface area (Å²) in [5.74, 6) is 2.43. The van der Waals surface area contributed by atoms with Crippen molar-refractivity contribution in [2.45, 2.75) is 97.0 Å². The lowest BCUT2D eigenvalue weighted by Crippen LogP contribution is -2.51. The van der Waals surface area contributed by atoms with E-state index in [1.165, 1.54) is 7.11 Å². The van der Waals surface area contributed by atoms with Crippen molar-refractivity contribution in [3.8, 4) is 28.1 Å². The largest absolute Gasteiger partial charge is 0.488 e. The fraction of sp³-hybridized carbons (Fsp3) is 0.489. The third kappa shape index (κ3) is 7.64. The number of rotatable bonds is 13. The highest BCUT2D eigenvalue weighted by Crippen LogP contribution is 2.43.